The smallest absolute Gasteiger partial charge is 0.247 e. The number of sulfonamides is 1. The largest absolute Gasteiger partial charge is 0.324 e. The normalized spacial score (nSPS) is 12.5. The molecule has 0 saturated carbocycles. The van der Waals surface area contributed by atoms with Crippen LogP contribution in [0.3, 0.4) is 0 Å². The van der Waals surface area contributed by atoms with Crippen molar-refractivity contribution in [2.75, 3.05) is 15.9 Å². The van der Waals surface area contributed by atoms with Crippen molar-refractivity contribution in [3.05, 3.63) is 58.9 Å². The molecule has 0 radical (unpaired) electrons. The minimum absolute atomic E-state index is 0.186. The Hall–Kier alpha value is -2.12. The molecule has 0 heterocycles. The Morgan fingerprint density at radius 1 is 1.24 bits per heavy atom. The van der Waals surface area contributed by atoms with E-state index < -0.39 is 27.8 Å². The minimum atomic E-state index is -3.89. The summed E-state index contributed by atoms with van der Waals surface area (Å²) < 4.78 is 39.1. The molecular formula is C17H18ClFN2O3S. The van der Waals surface area contributed by atoms with Crippen molar-refractivity contribution in [3.8, 4) is 0 Å². The molecule has 5 nitrogen and oxygen atoms in total. The van der Waals surface area contributed by atoms with Crippen molar-refractivity contribution >= 4 is 38.9 Å². The monoisotopic (exact) mass is 384 g/mol. The van der Waals surface area contributed by atoms with Crippen LogP contribution in [-0.2, 0) is 14.8 Å². The van der Waals surface area contributed by atoms with Crippen LogP contribution < -0.4 is 9.62 Å². The Kier molecular flexibility index (Phi) is 5.69. The van der Waals surface area contributed by atoms with Crippen LogP contribution in [-0.4, -0.2) is 26.6 Å². The van der Waals surface area contributed by atoms with E-state index in [1.807, 2.05) is 6.92 Å². The lowest BCUT2D eigenvalue weighted by atomic mass is 10.2. The molecule has 0 unspecified atom stereocenters. The molecule has 2 aromatic carbocycles. The lowest BCUT2D eigenvalue weighted by molar-refractivity contribution is -0.116. The van der Waals surface area contributed by atoms with Gasteiger partial charge >= 0.3 is 0 Å². The quantitative estimate of drug-likeness (QED) is 0.856. The van der Waals surface area contributed by atoms with E-state index in [1.165, 1.54) is 25.1 Å². The van der Waals surface area contributed by atoms with Crippen molar-refractivity contribution in [3.63, 3.8) is 0 Å². The summed E-state index contributed by atoms with van der Waals surface area (Å²) in [6, 6.07) is 9.18. The zero-order valence-electron chi connectivity index (χ0n) is 14.0. The van der Waals surface area contributed by atoms with E-state index in [1.54, 1.807) is 18.2 Å². The summed E-state index contributed by atoms with van der Waals surface area (Å²) in [5, 5.41) is 3.07. The highest BCUT2D eigenvalue weighted by Crippen LogP contribution is 2.25. The fourth-order valence-electron chi connectivity index (χ4n) is 2.33. The van der Waals surface area contributed by atoms with Gasteiger partial charge in [0.15, 0.2) is 0 Å². The Bertz CT molecular complexity index is 903. The van der Waals surface area contributed by atoms with Gasteiger partial charge in [-0.3, -0.25) is 9.10 Å². The van der Waals surface area contributed by atoms with Crippen molar-refractivity contribution in [1.82, 2.24) is 0 Å². The van der Waals surface area contributed by atoms with Gasteiger partial charge in [0.2, 0.25) is 15.9 Å². The first-order valence-electron chi connectivity index (χ1n) is 7.42. The van der Waals surface area contributed by atoms with Crippen molar-refractivity contribution in [2.45, 2.75) is 19.9 Å². The molecule has 0 fully saturated rings. The first-order chi connectivity index (χ1) is 11.6. The molecule has 0 aliphatic heterocycles. The van der Waals surface area contributed by atoms with Crippen LogP contribution >= 0.6 is 11.6 Å². The number of carbonyl (C=O) groups is 1. The second-order valence-electron chi connectivity index (χ2n) is 5.64. The number of para-hydroxylation sites is 1. The molecule has 0 aliphatic rings. The molecular weight excluding hydrogens is 367 g/mol. The average molecular weight is 385 g/mol. The van der Waals surface area contributed by atoms with Crippen LogP contribution in [0.1, 0.15) is 12.5 Å². The molecule has 1 amide bonds. The Morgan fingerprint density at radius 2 is 1.88 bits per heavy atom. The molecule has 0 bridgehead atoms. The minimum Gasteiger partial charge on any atom is -0.324 e. The van der Waals surface area contributed by atoms with Crippen LogP contribution in [0.15, 0.2) is 42.5 Å². The van der Waals surface area contributed by atoms with Gasteiger partial charge in [-0.25, -0.2) is 12.8 Å². The maximum Gasteiger partial charge on any atom is 0.247 e. The highest BCUT2D eigenvalue weighted by atomic mass is 35.5. The number of nitrogens with zero attached hydrogens (tertiary/aromatic N) is 1. The molecule has 1 atom stereocenters. The number of hydrogen-bond donors (Lipinski definition) is 1. The number of nitrogens with one attached hydrogen (secondary N) is 1. The SMILES string of the molecule is Cc1ccc(NC(=O)[C@H](C)N(c2ccccc2F)S(C)(=O)=O)cc1Cl. The number of hydrogen-bond acceptors (Lipinski definition) is 3. The molecule has 1 N–H and O–H groups in total. The van der Waals surface area contributed by atoms with Crippen LogP contribution in [0, 0.1) is 12.7 Å². The summed E-state index contributed by atoms with van der Waals surface area (Å²) in [6.45, 7) is 3.21. The number of carbonyl (C=O) groups excluding carboxylic acids is 1. The highest BCUT2D eigenvalue weighted by molar-refractivity contribution is 7.92. The number of aryl methyl sites for hydroxylation is 1. The fraction of sp³-hybridized carbons (Fsp3) is 0.235. The third kappa shape index (κ3) is 4.49. The molecule has 8 heteroatoms. The average Bonchev–Trinajstić information content (AvgIpc) is 2.51. The topological polar surface area (TPSA) is 66.5 Å². The van der Waals surface area contributed by atoms with E-state index >= 15 is 0 Å². The van der Waals surface area contributed by atoms with Gasteiger partial charge in [-0.05, 0) is 43.7 Å². The summed E-state index contributed by atoms with van der Waals surface area (Å²) in [7, 11) is -3.89. The third-order valence-corrected chi connectivity index (χ3v) is 5.25. The van der Waals surface area contributed by atoms with Crippen LogP contribution in [0.4, 0.5) is 15.8 Å². The Labute approximate surface area is 151 Å². The Balaban J connectivity index is 2.33. The molecule has 0 saturated heterocycles. The number of benzene rings is 2. The maximum atomic E-state index is 14.1. The lowest BCUT2D eigenvalue weighted by Crippen LogP contribution is -2.45. The first-order valence-corrected chi connectivity index (χ1v) is 9.65. The highest BCUT2D eigenvalue weighted by Gasteiger charge is 2.31. The predicted molar refractivity (Wildman–Crippen MR) is 98.0 cm³/mol. The molecule has 2 aromatic rings. The van der Waals surface area contributed by atoms with Gasteiger partial charge in [-0.2, -0.15) is 0 Å². The molecule has 25 heavy (non-hydrogen) atoms. The van der Waals surface area contributed by atoms with E-state index in [4.69, 9.17) is 11.6 Å². The van der Waals surface area contributed by atoms with Gasteiger partial charge in [0.1, 0.15) is 11.9 Å². The number of rotatable bonds is 5. The third-order valence-electron chi connectivity index (χ3n) is 3.62. The van der Waals surface area contributed by atoms with E-state index in [9.17, 15) is 17.6 Å². The van der Waals surface area contributed by atoms with Gasteiger partial charge in [0.25, 0.3) is 0 Å². The van der Waals surface area contributed by atoms with Crippen molar-refractivity contribution < 1.29 is 17.6 Å². The zero-order chi connectivity index (χ0) is 18.8. The Morgan fingerprint density at radius 3 is 2.44 bits per heavy atom. The predicted octanol–water partition coefficient (Wildman–Crippen LogP) is 3.58. The van der Waals surface area contributed by atoms with Gasteiger partial charge in [-0.15, -0.1) is 0 Å². The van der Waals surface area contributed by atoms with Crippen molar-refractivity contribution in [2.24, 2.45) is 0 Å². The summed E-state index contributed by atoms with van der Waals surface area (Å²) in [4.78, 5) is 12.5. The number of halogens is 2. The van der Waals surface area contributed by atoms with E-state index in [0.717, 1.165) is 22.2 Å². The fourth-order valence-corrected chi connectivity index (χ4v) is 3.68. The number of amides is 1. The van der Waals surface area contributed by atoms with E-state index in [0.29, 0.717) is 10.7 Å². The standard InChI is InChI=1S/C17H18ClFN2O3S/c1-11-8-9-13(10-14(11)18)20-17(22)12(2)21(25(3,23)24)16-7-5-4-6-15(16)19/h4-10,12H,1-3H3,(H,20,22)/t12-/m0/s1. The van der Waals surface area contributed by atoms with Gasteiger partial charge in [0.05, 0.1) is 11.9 Å². The second-order valence-corrected chi connectivity index (χ2v) is 7.91. The maximum absolute atomic E-state index is 14.1. The molecule has 134 valence electrons. The van der Waals surface area contributed by atoms with Crippen molar-refractivity contribution in [1.29, 1.82) is 0 Å². The number of anilines is 2. The molecule has 2 rings (SSSR count). The summed E-state index contributed by atoms with van der Waals surface area (Å²) >= 11 is 6.02. The lowest BCUT2D eigenvalue weighted by Gasteiger charge is -2.28. The first kappa shape index (κ1) is 19.2. The van der Waals surface area contributed by atoms with E-state index in [2.05, 4.69) is 5.32 Å². The van der Waals surface area contributed by atoms with E-state index in [-0.39, 0.29) is 5.69 Å². The summed E-state index contributed by atoms with van der Waals surface area (Å²) in [5.41, 5.74) is 1.08. The molecule has 0 aromatic heterocycles. The molecule has 0 spiro atoms. The van der Waals surface area contributed by atoms with Crippen LogP contribution in [0.5, 0.6) is 0 Å². The van der Waals surface area contributed by atoms with Gasteiger partial charge in [0, 0.05) is 10.7 Å². The van der Waals surface area contributed by atoms with Crippen LogP contribution in [0.25, 0.3) is 0 Å². The molecule has 0 aliphatic carbocycles. The zero-order valence-corrected chi connectivity index (χ0v) is 15.5. The van der Waals surface area contributed by atoms with Gasteiger partial charge < -0.3 is 5.32 Å². The van der Waals surface area contributed by atoms with Gasteiger partial charge in [-0.1, -0.05) is 29.8 Å². The van der Waals surface area contributed by atoms with Crippen LogP contribution in [0.2, 0.25) is 5.02 Å². The summed E-state index contributed by atoms with van der Waals surface area (Å²) in [6.07, 6.45) is 0.923. The summed E-state index contributed by atoms with van der Waals surface area (Å²) in [5.74, 6) is -1.33. The second kappa shape index (κ2) is 7.41.